The van der Waals surface area contributed by atoms with E-state index in [0.717, 1.165) is 23.2 Å². The number of para-hydroxylation sites is 2. The quantitative estimate of drug-likeness (QED) is 0.816. The highest BCUT2D eigenvalue weighted by atomic mass is 16.1. The molecule has 18 heavy (non-hydrogen) atoms. The van der Waals surface area contributed by atoms with Crippen LogP contribution in [0.4, 0.5) is 11.4 Å². The zero-order chi connectivity index (χ0) is 12.4. The monoisotopic (exact) mass is 238 g/mol. The normalized spacial score (nSPS) is 18.2. The average molecular weight is 238 g/mol. The van der Waals surface area contributed by atoms with Crippen molar-refractivity contribution in [2.24, 2.45) is 0 Å². The molecule has 1 N–H and O–H groups in total. The molecule has 1 aliphatic rings. The van der Waals surface area contributed by atoms with Crippen molar-refractivity contribution in [3.05, 3.63) is 60.2 Å². The second kappa shape index (κ2) is 4.63. The van der Waals surface area contributed by atoms with Gasteiger partial charge in [0.2, 0.25) is 0 Å². The number of anilines is 2. The van der Waals surface area contributed by atoms with Gasteiger partial charge in [-0.15, -0.1) is 0 Å². The van der Waals surface area contributed by atoms with Crippen LogP contribution in [0, 0.1) is 0 Å². The fraction of sp³-hybridized carbons (Fsp3) is 0.133. The lowest BCUT2D eigenvalue weighted by Crippen LogP contribution is -2.39. The molecule has 0 aromatic heterocycles. The molecule has 0 radical (unpaired) electrons. The third kappa shape index (κ3) is 1.79. The third-order valence-electron chi connectivity index (χ3n) is 3.24. The van der Waals surface area contributed by atoms with Gasteiger partial charge in [0.05, 0.1) is 12.7 Å². The minimum atomic E-state index is -0.207. The summed E-state index contributed by atoms with van der Waals surface area (Å²) in [5, 5.41) is 3.23. The molecule has 0 fully saturated rings. The summed E-state index contributed by atoms with van der Waals surface area (Å²) in [6.45, 7) is 0.643. The van der Waals surface area contributed by atoms with Crippen molar-refractivity contribution in [3.63, 3.8) is 0 Å². The number of hydrogen-bond acceptors (Lipinski definition) is 3. The predicted octanol–water partition coefficient (Wildman–Crippen LogP) is 2.63. The first kappa shape index (κ1) is 11.0. The summed E-state index contributed by atoms with van der Waals surface area (Å²) >= 11 is 0. The Morgan fingerprint density at radius 2 is 1.78 bits per heavy atom. The van der Waals surface area contributed by atoms with Gasteiger partial charge in [0.15, 0.2) is 0 Å². The Balaban J connectivity index is 2.07. The summed E-state index contributed by atoms with van der Waals surface area (Å²) in [7, 11) is 0. The maximum absolute atomic E-state index is 11.1. The first-order valence-electron chi connectivity index (χ1n) is 6.00. The van der Waals surface area contributed by atoms with Crippen molar-refractivity contribution in [2.45, 2.75) is 6.04 Å². The summed E-state index contributed by atoms with van der Waals surface area (Å²) < 4.78 is 0. The van der Waals surface area contributed by atoms with E-state index in [-0.39, 0.29) is 6.04 Å². The first-order valence-corrected chi connectivity index (χ1v) is 6.00. The Hall–Kier alpha value is -2.13. The van der Waals surface area contributed by atoms with Crippen LogP contribution in [-0.2, 0) is 4.79 Å². The molecular weight excluding hydrogens is 224 g/mol. The van der Waals surface area contributed by atoms with Gasteiger partial charge >= 0.3 is 0 Å². The van der Waals surface area contributed by atoms with Crippen molar-refractivity contribution in [3.8, 4) is 0 Å². The van der Waals surface area contributed by atoms with Gasteiger partial charge in [-0.25, -0.2) is 0 Å². The predicted molar refractivity (Wildman–Crippen MR) is 71.8 cm³/mol. The molecule has 0 bridgehead atoms. The summed E-state index contributed by atoms with van der Waals surface area (Å²) in [6.07, 6.45) is 0.959. The van der Waals surface area contributed by atoms with Crippen LogP contribution < -0.4 is 10.2 Å². The summed E-state index contributed by atoms with van der Waals surface area (Å²) in [6, 6.07) is 18.0. The smallest absolute Gasteiger partial charge is 0.141 e. The minimum Gasteiger partial charge on any atom is -0.328 e. The van der Waals surface area contributed by atoms with Crippen LogP contribution >= 0.6 is 0 Å². The van der Waals surface area contributed by atoms with E-state index in [1.54, 1.807) is 0 Å². The van der Waals surface area contributed by atoms with E-state index in [2.05, 4.69) is 28.4 Å². The molecule has 0 amide bonds. The number of rotatable bonds is 2. The van der Waals surface area contributed by atoms with Crippen LogP contribution in [0.3, 0.4) is 0 Å². The number of hydrogen-bond donors (Lipinski definition) is 1. The lowest BCUT2D eigenvalue weighted by Gasteiger charge is -2.34. The van der Waals surface area contributed by atoms with Gasteiger partial charge in [-0.05, 0) is 18.2 Å². The van der Waals surface area contributed by atoms with Crippen LogP contribution in [0.5, 0.6) is 0 Å². The largest absolute Gasteiger partial charge is 0.328 e. The molecule has 3 heteroatoms. The first-order chi connectivity index (χ1) is 8.90. The Labute approximate surface area is 106 Å². The maximum atomic E-state index is 11.1. The molecule has 2 aromatic carbocycles. The highest BCUT2D eigenvalue weighted by molar-refractivity contribution is 5.74. The molecule has 3 rings (SSSR count). The van der Waals surface area contributed by atoms with Crippen molar-refractivity contribution < 1.29 is 4.79 Å². The molecule has 0 spiro atoms. The number of carbonyl (C=O) groups excluding carboxylic acids is 1. The Morgan fingerprint density at radius 3 is 2.56 bits per heavy atom. The molecule has 0 saturated heterocycles. The third-order valence-corrected chi connectivity index (χ3v) is 3.24. The summed E-state index contributed by atoms with van der Waals surface area (Å²) in [4.78, 5) is 13.3. The number of nitrogens with one attached hydrogen (secondary N) is 1. The van der Waals surface area contributed by atoms with Gasteiger partial charge in [-0.3, -0.25) is 5.32 Å². The van der Waals surface area contributed by atoms with Crippen molar-refractivity contribution in [1.82, 2.24) is 5.32 Å². The number of benzene rings is 2. The lowest BCUT2D eigenvalue weighted by molar-refractivity contribution is -0.109. The zero-order valence-electron chi connectivity index (χ0n) is 9.91. The van der Waals surface area contributed by atoms with Crippen LogP contribution in [0.1, 0.15) is 11.6 Å². The molecule has 2 aromatic rings. The van der Waals surface area contributed by atoms with Crippen LogP contribution in [0.2, 0.25) is 0 Å². The number of nitrogens with zero attached hydrogens (tertiary/aromatic N) is 1. The maximum Gasteiger partial charge on any atom is 0.141 e. The van der Waals surface area contributed by atoms with E-state index in [1.165, 1.54) is 0 Å². The SMILES string of the molecule is O=CC1NCN(c2ccccc2)c2ccccc21. The van der Waals surface area contributed by atoms with Crippen molar-refractivity contribution >= 4 is 17.7 Å². The Kier molecular flexibility index (Phi) is 2.82. The van der Waals surface area contributed by atoms with E-state index in [0.29, 0.717) is 6.67 Å². The zero-order valence-corrected chi connectivity index (χ0v) is 9.91. The molecule has 0 aliphatic carbocycles. The van der Waals surface area contributed by atoms with Gasteiger partial charge in [0.25, 0.3) is 0 Å². The molecule has 1 aliphatic heterocycles. The highest BCUT2D eigenvalue weighted by Crippen LogP contribution is 2.33. The topological polar surface area (TPSA) is 32.3 Å². The lowest BCUT2D eigenvalue weighted by atomic mass is 10.0. The Morgan fingerprint density at radius 1 is 1.06 bits per heavy atom. The minimum absolute atomic E-state index is 0.207. The van der Waals surface area contributed by atoms with Gasteiger partial charge in [0.1, 0.15) is 6.29 Å². The molecule has 90 valence electrons. The second-order valence-electron chi connectivity index (χ2n) is 4.30. The summed E-state index contributed by atoms with van der Waals surface area (Å²) in [5.41, 5.74) is 3.25. The van der Waals surface area contributed by atoms with Gasteiger partial charge in [-0.1, -0.05) is 36.4 Å². The summed E-state index contributed by atoms with van der Waals surface area (Å²) in [5.74, 6) is 0. The second-order valence-corrected chi connectivity index (χ2v) is 4.30. The fourth-order valence-electron chi connectivity index (χ4n) is 2.34. The van der Waals surface area contributed by atoms with Crippen LogP contribution in [0.25, 0.3) is 0 Å². The molecule has 1 heterocycles. The van der Waals surface area contributed by atoms with Crippen molar-refractivity contribution in [2.75, 3.05) is 11.6 Å². The number of carbonyl (C=O) groups is 1. The van der Waals surface area contributed by atoms with E-state index >= 15 is 0 Å². The van der Waals surface area contributed by atoms with E-state index in [4.69, 9.17) is 0 Å². The van der Waals surface area contributed by atoms with Gasteiger partial charge in [-0.2, -0.15) is 0 Å². The highest BCUT2D eigenvalue weighted by Gasteiger charge is 2.24. The molecular formula is C15H14N2O. The molecule has 0 saturated carbocycles. The van der Waals surface area contributed by atoms with E-state index in [1.807, 2.05) is 36.4 Å². The standard InChI is InChI=1S/C15H14N2O/c18-10-14-13-8-4-5-9-15(13)17(11-16-14)12-6-2-1-3-7-12/h1-10,14,16H,11H2. The fourth-order valence-corrected chi connectivity index (χ4v) is 2.34. The average Bonchev–Trinajstić information content (AvgIpc) is 2.47. The molecule has 1 atom stereocenters. The Bertz CT molecular complexity index is 553. The van der Waals surface area contributed by atoms with Gasteiger partial charge < -0.3 is 9.69 Å². The number of aldehydes is 1. The van der Waals surface area contributed by atoms with Crippen LogP contribution in [-0.4, -0.2) is 13.0 Å². The molecule has 3 nitrogen and oxygen atoms in total. The van der Waals surface area contributed by atoms with E-state index in [9.17, 15) is 4.79 Å². The van der Waals surface area contributed by atoms with E-state index < -0.39 is 0 Å². The van der Waals surface area contributed by atoms with Crippen molar-refractivity contribution in [1.29, 1.82) is 0 Å². The number of fused-ring (bicyclic) bond motifs is 1. The molecule has 1 unspecified atom stereocenters. The van der Waals surface area contributed by atoms with Crippen LogP contribution in [0.15, 0.2) is 54.6 Å². The van der Waals surface area contributed by atoms with Gasteiger partial charge in [0, 0.05) is 16.9 Å².